The molecule has 0 unspecified atom stereocenters. The minimum absolute atomic E-state index is 0.118. The molecule has 0 radical (unpaired) electrons. The van der Waals surface area contributed by atoms with Gasteiger partial charge < -0.3 is 15.5 Å². The van der Waals surface area contributed by atoms with Crippen LogP contribution in [0.25, 0.3) is 0 Å². The van der Waals surface area contributed by atoms with Crippen LogP contribution in [-0.4, -0.2) is 30.8 Å². The van der Waals surface area contributed by atoms with Gasteiger partial charge in [-0.1, -0.05) is 40.9 Å². The second kappa shape index (κ2) is 10.5. The monoisotopic (exact) mass is 554 g/mol. The van der Waals surface area contributed by atoms with Crippen molar-refractivity contribution in [2.24, 2.45) is 0 Å². The molecule has 7 nitrogen and oxygen atoms in total. The smallest absolute Gasteiger partial charge is 0.283 e. The number of hydrogen-bond donors (Lipinski definition) is 2. The van der Waals surface area contributed by atoms with Crippen molar-refractivity contribution in [1.82, 2.24) is 0 Å². The average molecular weight is 556 g/mol. The van der Waals surface area contributed by atoms with Crippen molar-refractivity contribution in [1.29, 1.82) is 0 Å². The summed E-state index contributed by atoms with van der Waals surface area (Å²) in [6, 6.07) is 18.7. The fourth-order valence-corrected chi connectivity index (χ4v) is 5.02. The molecule has 0 bridgehead atoms. The Morgan fingerprint density at radius 1 is 0.811 bits per heavy atom. The van der Waals surface area contributed by atoms with Crippen LogP contribution in [0.4, 0.5) is 22.7 Å². The first kappa shape index (κ1) is 25.1. The van der Waals surface area contributed by atoms with Crippen LogP contribution >= 0.6 is 34.8 Å². The second-order valence-electron chi connectivity index (χ2n) is 8.63. The second-order valence-corrected chi connectivity index (χ2v) is 9.85. The number of halogens is 3. The third kappa shape index (κ3) is 5.16. The standard InChI is InChI=1S/C27H21Cl3N4O3/c28-17-6-11-22(21(29)15-17)34-26(36)23(30)24(27(34)37)31-19-5-3-4-16(14-19)25(35)32-18-7-9-20(10-8-18)33-12-1-2-13-33/h3-11,14-15,31H,1-2,12-13H2,(H,32,35). The molecular formula is C27H21Cl3N4O3. The summed E-state index contributed by atoms with van der Waals surface area (Å²) in [6.07, 6.45) is 2.38. The average Bonchev–Trinajstić information content (AvgIpc) is 3.49. The summed E-state index contributed by atoms with van der Waals surface area (Å²) in [7, 11) is 0. The molecule has 2 heterocycles. The maximum atomic E-state index is 13.1. The first-order valence-electron chi connectivity index (χ1n) is 11.6. The van der Waals surface area contributed by atoms with Crippen LogP contribution < -0.4 is 20.4 Å². The third-order valence-electron chi connectivity index (χ3n) is 6.17. The zero-order valence-corrected chi connectivity index (χ0v) is 21.7. The number of carbonyl (C=O) groups excluding carboxylic acids is 3. The summed E-state index contributed by atoms with van der Waals surface area (Å²) in [5, 5.41) is 5.97. The highest BCUT2D eigenvalue weighted by atomic mass is 35.5. The lowest BCUT2D eigenvalue weighted by Gasteiger charge is -2.18. The first-order chi connectivity index (χ1) is 17.8. The predicted molar refractivity (Wildman–Crippen MR) is 148 cm³/mol. The number of imide groups is 1. The van der Waals surface area contributed by atoms with E-state index < -0.39 is 11.8 Å². The summed E-state index contributed by atoms with van der Waals surface area (Å²) in [6.45, 7) is 2.09. The topological polar surface area (TPSA) is 81.8 Å². The van der Waals surface area contributed by atoms with Crippen LogP contribution in [0, 0.1) is 0 Å². The van der Waals surface area contributed by atoms with E-state index >= 15 is 0 Å². The highest BCUT2D eigenvalue weighted by molar-refractivity contribution is 6.54. The summed E-state index contributed by atoms with van der Waals surface area (Å²) < 4.78 is 0. The Morgan fingerprint density at radius 3 is 2.24 bits per heavy atom. The van der Waals surface area contributed by atoms with Crippen molar-refractivity contribution in [3.63, 3.8) is 0 Å². The van der Waals surface area contributed by atoms with Gasteiger partial charge in [0, 0.05) is 40.7 Å². The summed E-state index contributed by atoms with van der Waals surface area (Å²) in [5.41, 5.74) is 2.63. The molecule has 2 N–H and O–H groups in total. The number of amides is 3. The molecule has 0 aromatic heterocycles. The third-order valence-corrected chi connectivity index (χ3v) is 7.06. The van der Waals surface area contributed by atoms with E-state index in [1.807, 2.05) is 24.3 Å². The molecule has 37 heavy (non-hydrogen) atoms. The number of rotatable bonds is 6. The van der Waals surface area contributed by atoms with Crippen LogP contribution in [-0.2, 0) is 9.59 Å². The molecular weight excluding hydrogens is 535 g/mol. The molecule has 0 spiro atoms. The molecule has 3 amide bonds. The zero-order chi connectivity index (χ0) is 26.1. The van der Waals surface area contributed by atoms with Gasteiger partial charge in [0.1, 0.15) is 10.7 Å². The van der Waals surface area contributed by atoms with Gasteiger partial charge >= 0.3 is 0 Å². The van der Waals surface area contributed by atoms with E-state index in [2.05, 4.69) is 15.5 Å². The lowest BCUT2D eigenvalue weighted by Crippen LogP contribution is -2.32. The van der Waals surface area contributed by atoms with E-state index in [9.17, 15) is 14.4 Å². The lowest BCUT2D eigenvalue weighted by atomic mass is 10.1. The maximum Gasteiger partial charge on any atom is 0.283 e. The fourth-order valence-electron chi connectivity index (χ4n) is 4.31. The molecule has 1 saturated heterocycles. The molecule has 0 saturated carbocycles. The Morgan fingerprint density at radius 2 is 1.54 bits per heavy atom. The van der Waals surface area contributed by atoms with E-state index in [1.54, 1.807) is 24.3 Å². The molecule has 5 rings (SSSR count). The zero-order valence-electron chi connectivity index (χ0n) is 19.4. The Kier molecular flexibility index (Phi) is 7.11. The molecule has 1 fully saturated rings. The number of carbonyl (C=O) groups is 3. The Labute approximate surface area is 228 Å². The quantitative estimate of drug-likeness (QED) is 0.350. The first-order valence-corrected chi connectivity index (χ1v) is 12.7. The molecule has 10 heteroatoms. The molecule has 0 aliphatic carbocycles. The Balaban J connectivity index is 1.30. The van der Waals surface area contributed by atoms with Gasteiger partial charge in [0.25, 0.3) is 17.7 Å². The number of benzene rings is 3. The summed E-state index contributed by atoms with van der Waals surface area (Å²) in [4.78, 5) is 41.9. The van der Waals surface area contributed by atoms with Crippen molar-refractivity contribution in [3.05, 3.63) is 93.1 Å². The van der Waals surface area contributed by atoms with Crippen molar-refractivity contribution in [2.75, 3.05) is 33.5 Å². The van der Waals surface area contributed by atoms with Gasteiger partial charge in [-0.2, -0.15) is 0 Å². The number of hydrogen-bond acceptors (Lipinski definition) is 5. The molecule has 3 aromatic carbocycles. The van der Waals surface area contributed by atoms with Crippen LogP contribution in [0.15, 0.2) is 77.5 Å². The number of anilines is 4. The Hall–Kier alpha value is -3.52. The molecule has 2 aliphatic rings. The van der Waals surface area contributed by atoms with Gasteiger partial charge in [0.15, 0.2) is 0 Å². The number of nitrogens with one attached hydrogen (secondary N) is 2. The molecule has 2 aliphatic heterocycles. The van der Waals surface area contributed by atoms with Crippen LogP contribution in [0.5, 0.6) is 0 Å². The molecule has 188 valence electrons. The largest absolute Gasteiger partial charge is 0.372 e. The van der Waals surface area contributed by atoms with Crippen LogP contribution in [0.1, 0.15) is 23.2 Å². The Bertz CT molecular complexity index is 1430. The van der Waals surface area contributed by atoms with E-state index in [0.29, 0.717) is 22.0 Å². The van der Waals surface area contributed by atoms with E-state index in [-0.39, 0.29) is 27.3 Å². The van der Waals surface area contributed by atoms with Crippen molar-refractivity contribution in [2.45, 2.75) is 12.8 Å². The van der Waals surface area contributed by atoms with Gasteiger partial charge in [-0.15, -0.1) is 0 Å². The van der Waals surface area contributed by atoms with Crippen molar-refractivity contribution in [3.8, 4) is 0 Å². The normalized spacial score (nSPS) is 15.5. The molecule has 0 atom stereocenters. The van der Waals surface area contributed by atoms with Crippen LogP contribution in [0.2, 0.25) is 10.0 Å². The minimum atomic E-state index is -0.718. The van der Waals surface area contributed by atoms with E-state index in [0.717, 1.165) is 23.7 Å². The van der Waals surface area contributed by atoms with Gasteiger partial charge in [-0.3, -0.25) is 14.4 Å². The maximum absolute atomic E-state index is 13.1. The van der Waals surface area contributed by atoms with Crippen molar-refractivity contribution < 1.29 is 14.4 Å². The number of nitrogens with zero attached hydrogens (tertiary/aromatic N) is 2. The lowest BCUT2D eigenvalue weighted by molar-refractivity contribution is -0.120. The van der Waals surface area contributed by atoms with E-state index in [1.165, 1.54) is 31.0 Å². The minimum Gasteiger partial charge on any atom is -0.372 e. The highest BCUT2D eigenvalue weighted by Gasteiger charge is 2.39. The van der Waals surface area contributed by atoms with Gasteiger partial charge in [-0.25, -0.2) is 4.90 Å². The predicted octanol–water partition coefficient (Wildman–Crippen LogP) is 6.28. The van der Waals surface area contributed by atoms with E-state index in [4.69, 9.17) is 34.8 Å². The van der Waals surface area contributed by atoms with Gasteiger partial charge in [-0.05, 0) is 73.5 Å². The van der Waals surface area contributed by atoms with Crippen molar-refractivity contribution >= 4 is 75.3 Å². The SMILES string of the molecule is O=C(Nc1ccc(N2CCCC2)cc1)c1cccc(NC2=C(Cl)C(=O)N(c3ccc(Cl)cc3Cl)C2=O)c1. The summed E-state index contributed by atoms with van der Waals surface area (Å²) >= 11 is 18.4. The fraction of sp³-hybridized carbons (Fsp3) is 0.148. The van der Waals surface area contributed by atoms with Gasteiger partial charge in [0.2, 0.25) is 0 Å². The highest BCUT2D eigenvalue weighted by Crippen LogP contribution is 2.35. The summed E-state index contributed by atoms with van der Waals surface area (Å²) in [5.74, 6) is -1.71. The van der Waals surface area contributed by atoms with Gasteiger partial charge in [0.05, 0.1) is 10.7 Å². The molecule has 3 aromatic rings. The van der Waals surface area contributed by atoms with Crippen LogP contribution in [0.3, 0.4) is 0 Å².